The van der Waals surface area contributed by atoms with E-state index in [1.165, 1.54) is 14.2 Å². The van der Waals surface area contributed by atoms with Crippen LogP contribution in [0.25, 0.3) is 0 Å². The van der Waals surface area contributed by atoms with Crippen molar-refractivity contribution in [2.24, 2.45) is 5.92 Å². The van der Waals surface area contributed by atoms with Crippen LogP contribution in [0.4, 0.5) is 0 Å². The Hall–Kier alpha value is -2.49. The fraction of sp³-hybridized carbons (Fsp3) is 0.571. The normalized spacial score (nSPS) is 26.5. The fourth-order valence-electron chi connectivity index (χ4n) is 3.14. The van der Waals surface area contributed by atoms with Crippen molar-refractivity contribution in [1.82, 2.24) is 0 Å². The van der Waals surface area contributed by atoms with Crippen molar-refractivity contribution in [3.8, 4) is 0 Å². The first-order valence-electron chi connectivity index (χ1n) is 9.49. The minimum Gasteiger partial charge on any atom is -0.469 e. The van der Waals surface area contributed by atoms with Crippen molar-refractivity contribution in [2.45, 2.75) is 57.4 Å². The van der Waals surface area contributed by atoms with Gasteiger partial charge in [-0.25, -0.2) is 4.79 Å². The molecule has 0 amide bonds. The Morgan fingerprint density at radius 3 is 2.23 bits per heavy atom. The van der Waals surface area contributed by atoms with Gasteiger partial charge in [-0.2, -0.15) is 0 Å². The van der Waals surface area contributed by atoms with E-state index in [4.69, 9.17) is 18.9 Å². The van der Waals surface area contributed by atoms with E-state index < -0.39 is 54.0 Å². The molecule has 1 aliphatic heterocycles. The Labute approximate surface area is 175 Å². The minimum absolute atomic E-state index is 0.268. The maximum atomic E-state index is 12.7. The van der Waals surface area contributed by atoms with Gasteiger partial charge in [0.1, 0.15) is 23.7 Å². The van der Waals surface area contributed by atoms with Crippen LogP contribution in [0.1, 0.15) is 37.6 Å². The van der Waals surface area contributed by atoms with Crippen LogP contribution < -0.4 is 0 Å². The van der Waals surface area contributed by atoms with E-state index in [2.05, 4.69) is 4.74 Å². The SMILES string of the molecule is COC(=O)CC1OC(O)C(C(=O)OC(C)(C)C)C(OC)C1OC(=O)c1ccccc1. The van der Waals surface area contributed by atoms with Gasteiger partial charge in [-0.1, -0.05) is 18.2 Å². The highest BCUT2D eigenvalue weighted by Gasteiger charge is 2.52. The molecule has 0 radical (unpaired) electrons. The van der Waals surface area contributed by atoms with E-state index in [-0.39, 0.29) is 12.0 Å². The lowest BCUT2D eigenvalue weighted by Gasteiger charge is -2.43. The first kappa shape index (κ1) is 23.8. The van der Waals surface area contributed by atoms with Crippen LogP contribution in [-0.2, 0) is 33.3 Å². The second-order valence-electron chi connectivity index (χ2n) is 7.84. The molecule has 1 N–H and O–H groups in total. The summed E-state index contributed by atoms with van der Waals surface area (Å²) in [7, 11) is 2.50. The molecule has 1 aliphatic rings. The summed E-state index contributed by atoms with van der Waals surface area (Å²) >= 11 is 0. The van der Waals surface area contributed by atoms with Crippen molar-refractivity contribution in [3.63, 3.8) is 0 Å². The molecule has 1 heterocycles. The zero-order valence-corrected chi connectivity index (χ0v) is 17.7. The Bertz CT molecular complexity index is 741. The van der Waals surface area contributed by atoms with Crippen molar-refractivity contribution < 1.29 is 43.2 Å². The number of aliphatic hydroxyl groups excluding tert-OH is 1. The van der Waals surface area contributed by atoms with Gasteiger partial charge in [-0.3, -0.25) is 9.59 Å². The van der Waals surface area contributed by atoms with Gasteiger partial charge in [0.25, 0.3) is 0 Å². The molecular weight excluding hydrogens is 396 g/mol. The average molecular weight is 424 g/mol. The maximum Gasteiger partial charge on any atom is 0.338 e. The van der Waals surface area contributed by atoms with Gasteiger partial charge in [0.15, 0.2) is 12.4 Å². The predicted octanol–water partition coefficient (Wildman–Crippen LogP) is 1.47. The van der Waals surface area contributed by atoms with Crippen molar-refractivity contribution in [1.29, 1.82) is 0 Å². The zero-order valence-electron chi connectivity index (χ0n) is 17.7. The lowest BCUT2D eigenvalue weighted by Crippen LogP contribution is -2.60. The molecule has 1 fully saturated rings. The van der Waals surface area contributed by atoms with E-state index in [1.807, 2.05) is 0 Å². The van der Waals surface area contributed by atoms with Gasteiger partial charge in [-0.15, -0.1) is 0 Å². The summed E-state index contributed by atoms with van der Waals surface area (Å²) in [6.45, 7) is 5.03. The molecule has 9 nitrogen and oxygen atoms in total. The van der Waals surface area contributed by atoms with E-state index in [1.54, 1.807) is 51.1 Å². The van der Waals surface area contributed by atoms with E-state index >= 15 is 0 Å². The van der Waals surface area contributed by atoms with Crippen LogP contribution in [0, 0.1) is 5.92 Å². The molecule has 9 heteroatoms. The monoisotopic (exact) mass is 424 g/mol. The summed E-state index contributed by atoms with van der Waals surface area (Å²) in [5.41, 5.74) is -0.558. The molecule has 166 valence electrons. The summed E-state index contributed by atoms with van der Waals surface area (Å²) < 4.78 is 26.5. The zero-order chi connectivity index (χ0) is 22.5. The molecule has 5 atom stereocenters. The van der Waals surface area contributed by atoms with E-state index in [0.29, 0.717) is 0 Å². The van der Waals surface area contributed by atoms with Gasteiger partial charge >= 0.3 is 17.9 Å². The molecule has 30 heavy (non-hydrogen) atoms. The Balaban J connectivity index is 2.34. The lowest BCUT2D eigenvalue weighted by atomic mass is 9.89. The van der Waals surface area contributed by atoms with Crippen molar-refractivity contribution in [3.05, 3.63) is 35.9 Å². The predicted molar refractivity (Wildman–Crippen MR) is 103 cm³/mol. The number of esters is 3. The summed E-state index contributed by atoms with van der Waals surface area (Å²) in [4.78, 5) is 37.2. The highest BCUT2D eigenvalue weighted by molar-refractivity contribution is 5.89. The summed E-state index contributed by atoms with van der Waals surface area (Å²) in [6.07, 6.45) is -5.34. The molecule has 1 aromatic rings. The van der Waals surface area contributed by atoms with E-state index in [0.717, 1.165) is 0 Å². The Kier molecular flexibility index (Phi) is 7.94. The van der Waals surface area contributed by atoms with Gasteiger partial charge in [-0.05, 0) is 32.9 Å². The first-order valence-corrected chi connectivity index (χ1v) is 9.49. The highest BCUT2D eigenvalue weighted by atomic mass is 16.7. The van der Waals surface area contributed by atoms with Crippen molar-refractivity contribution in [2.75, 3.05) is 14.2 Å². The number of aliphatic hydroxyl groups is 1. The number of ether oxygens (including phenoxy) is 5. The lowest BCUT2D eigenvalue weighted by molar-refractivity contribution is -0.271. The molecule has 5 unspecified atom stereocenters. The Morgan fingerprint density at radius 2 is 1.70 bits per heavy atom. The third-order valence-corrected chi connectivity index (χ3v) is 4.46. The molecule has 0 saturated carbocycles. The highest BCUT2D eigenvalue weighted by Crippen LogP contribution is 2.33. The van der Waals surface area contributed by atoms with Crippen LogP contribution in [0.15, 0.2) is 30.3 Å². The minimum atomic E-state index is -1.63. The van der Waals surface area contributed by atoms with Crippen molar-refractivity contribution >= 4 is 17.9 Å². The van der Waals surface area contributed by atoms with Crippen LogP contribution in [0.2, 0.25) is 0 Å². The third-order valence-electron chi connectivity index (χ3n) is 4.46. The molecule has 1 aromatic carbocycles. The van der Waals surface area contributed by atoms with E-state index in [9.17, 15) is 19.5 Å². The quantitative estimate of drug-likeness (QED) is 0.535. The fourth-order valence-corrected chi connectivity index (χ4v) is 3.14. The number of hydrogen-bond donors (Lipinski definition) is 1. The standard InChI is InChI=1S/C21H28O9/c1-21(2,3)30-20(25)15-17(27-5)16(13(28-19(15)24)11-14(22)26-4)29-18(23)12-9-7-6-8-10-12/h6-10,13,15-17,19,24H,11H2,1-5H3. The first-order chi connectivity index (χ1) is 14.1. The largest absolute Gasteiger partial charge is 0.469 e. The summed E-state index contributed by atoms with van der Waals surface area (Å²) in [5, 5.41) is 10.5. The number of rotatable bonds is 6. The number of carbonyl (C=O) groups excluding carboxylic acids is 3. The molecule has 1 saturated heterocycles. The van der Waals surface area contributed by atoms with Crippen LogP contribution in [0.5, 0.6) is 0 Å². The van der Waals surface area contributed by atoms with Crippen LogP contribution in [0.3, 0.4) is 0 Å². The number of methoxy groups -OCH3 is 2. The number of benzene rings is 1. The Morgan fingerprint density at radius 1 is 1.07 bits per heavy atom. The second kappa shape index (κ2) is 10.0. The molecule has 0 bridgehead atoms. The van der Waals surface area contributed by atoms with Gasteiger partial charge < -0.3 is 28.8 Å². The van der Waals surface area contributed by atoms with Gasteiger partial charge in [0.05, 0.1) is 19.1 Å². The average Bonchev–Trinajstić information content (AvgIpc) is 2.68. The number of carbonyl (C=O) groups is 3. The third kappa shape index (κ3) is 6.01. The molecule has 0 aromatic heterocycles. The second-order valence-corrected chi connectivity index (χ2v) is 7.84. The topological polar surface area (TPSA) is 118 Å². The van der Waals surface area contributed by atoms with Gasteiger partial charge in [0, 0.05) is 7.11 Å². The molecule has 0 spiro atoms. The summed E-state index contributed by atoms with van der Waals surface area (Å²) in [6, 6.07) is 8.20. The van der Waals surface area contributed by atoms with Crippen LogP contribution >= 0.6 is 0 Å². The molecule has 0 aliphatic carbocycles. The van der Waals surface area contributed by atoms with Gasteiger partial charge in [0.2, 0.25) is 0 Å². The molecule has 2 rings (SSSR count). The smallest absolute Gasteiger partial charge is 0.338 e. The maximum absolute atomic E-state index is 12.7. The summed E-state index contributed by atoms with van der Waals surface area (Å²) in [5.74, 6) is -3.41. The molecular formula is C21H28O9. The number of hydrogen-bond acceptors (Lipinski definition) is 9. The van der Waals surface area contributed by atoms with Crippen LogP contribution in [-0.4, -0.2) is 67.4 Å².